The van der Waals surface area contributed by atoms with Crippen molar-refractivity contribution in [3.63, 3.8) is 0 Å². The van der Waals surface area contributed by atoms with Gasteiger partial charge in [-0.3, -0.25) is 0 Å². The van der Waals surface area contributed by atoms with Crippen LogP contribution in [0.3, 0.4) is 0 Å². The van der Waals surface area contributed by atoms with E-state index in [0.29, 0.717) is 13.1 Å². The van der Waals surface area contributed by atoms with E-state index in [4.69, 9.17) is 4.74 Å². The van der Waals surface area contributed by atoms with Crippen molar-refractivity contribution in [2.45, 2.75) is 45.3 Å². The lowest BCUT2D eigenvalue weighted by molar-refractivity contribution is 0.0185. The molecule has 0 bridgehead atoms. The largest absolute Gasteiger partial charge is 0.444 e. The number of nitrogens with zero attached hydrogens (tertiary/aromatic N) is 1. The predicted octanol–water partition coefficient (Wildman–Crippen LogP) is 4.72. The molecule has 3 nitrogen and oxygen atoms in total. The van der Waals surface area contributed by atoms with E-state index in [1.807, 2.05) is 25.7 Å². The summed E-state index contributed by atoms with van der Waals surface area (Å²) in [5, 5.41) is 0. The fourth-order valence-corrected chi connectivity index (χ4v) is 4.20. The molecular weight excluding hydrogens is 298 g/mol. The van der Waals surface area contributed by atoms with E-state index in [0.717, 1.165) is 0 Å². The summed E-state index contributed by atoms with van der Waals surface area (Å²) in [5.74, 6) is 0. The van der Waals surface area contributed by atoms with Gasteiger partial charge < -0.3 is 9.64 Å². The molecule has 0 radical (unpaired) electrons. The maximum Gasteiger partial charge on any atom is 0.410 e. The summed E-state index contributed by atoms with van der Waals surface area (Å²) in [6, 6.07) is 15.0. The van der Waals surface area contributed by atoms with E-state index in [9.17, 15) is 4.79 Å². The molecule has 1 atom stereocenters. The maximum absolute atomic E-state index is 12.7. The van der Waals surface area contributed by atoms with Crippen molar-refractivity contribution in [2.75, 3.05) is 6.54 Å². The molecule has 1 aliphatic carbocycles. The van der Waals surface area contributed by atoms with E-state index in [1.165, 1.54) is 27.8 Å². The molecule has 1 aliphatic heterocycles. The number of hydrogen-bond donors (Lipinski definition) is 0. The molecule has 0 saturated heterocycles. The van der Waals surface area contributed by atoms with E-state index >= 15 is 0 Å². The summed E-state index contributed by atoms with van der Waals surface area (Å²) < 4.78 is 5.62. The summed E-state index contributed by atoms with van der Waals surface area (Å²) in [5.41, 5.74) is 5.87. The van der Waals surface area contributed by atoms with Crippen molar-refractivity contribution in [1.82, 2.24) is 4.90 Å². The van der Waals surface area contributed by atoms with Crippen LogP contribution in [0.5, 0.6) is 0 Å². The van der Waals surface area contributed by atoms with E-state index in [1.54, 1.807) is 0 Å². The monoisotopic (exact) mass is 321 g/mol. The highest BCUT2D eigenvalue weighted by molar-refractivity contribution is 5.83. The van der Waals surface area contributed by atoms with Gasteiger partial charge in [0, 0.05) is 18.5 Å². The molecule has 0 unspecified atom stereocenters. The highest BCUT2D eigenvalue weighted by Gasteiger charge is 2.46. The lowest BCUT2D eigenvalue weighted by Crippen LogP contribution is -2.47. The van der Waals surface area contributed by atoms with Crippen LogP contribution < -0.4 is 0 Å². The first-order valence-electron chi connectivity index (χ1n) is 8.50. The Morgan fingerprint density at radius 2 is 1.79 bits per heavy atom. The van der Waals surface area contributed by atoms with Gasteiger partial charge in [-0.15, -0.1) is 0 Å². The molecule has 24 heavy (non-hydrogen) atoms. The van der Waals surface area contributed by atoms with Crippen molar-refractivity contribution < 1.29 is 9.53 Å². The summed E-state index contributed by atoms with van der Waals surface area (Å²) in [7, 11) is 0. The average Bonchev–Trinajstić information content (AvgIpc) is 2.77. The SMILES string of the molecule is CC(C)(C)OC(=O)N1Cc2cccc3c2[C@@](C)(C1)c1ccccc1-3. The van der Waals surface area contributed by atoms with E-state index in [-0.39, 0.29) is 11.5 Å². The minimum Gasteiger partial charge on any atom is -0.444 e. The average molecular weight is 321 g/mol. The van der Waals surface area contributed by atoms with Crippen LogP contribution in [-0.2, 0) is 16.7 Å². The number of ether oxygens (including phenoxy) is 1. The fourth-order valence-electron chi connectivity index (χ4n) is 4.20. The number of carbonyl (C=O) groups is 1. The van der Waals surface area contributed by atoms with Crippen LogP contribution in [0.4, 0.5) is 4.79 Å². The maximum atomic E-state index is 12.7. The normalized spacial score (nSPS) is 21.2. The third kappa shape index (κ3) is 2.15. The van der Waals surface area contributed by atoms with Gasteiger partial charge in [-0.2, -0.15) is 0 Å². The molecule has 0 spiro atoms. The Morgan fingerprint density at radius 3 is 2.54 bits per heavy atom. The molecule has 124 valence electrons. The molecule has 4 rings (SSSR count). The molecule has 3 heteroatoms. The van der Waals surface area contributed by atoms with Crippen molar-refractivity contribution in [1.29, 1.82) is 0 Å². The molecule has 2 aliphatic rings. The zero-order valence-electron chi connectivity index (χ0n) is 14.7. The lowest BCUT2D eigenvalue weighted by atomic mass is 9.75. The standard InChI is InChI=1S/C21H23NO2/c1-20(2,3)24-19(23)22-12-14-8-7-10-16-15-9-5-6-11-17(15)21(4,13-22)18(14)16/h5-11H,12-13H2,1-4H3/t21-/m0/s1. The van der Waals surface area contributed by atoms with Crippen LogP contribution in [0.1, 0.15) is 44.4 Å². The predicted molar refractivity (Wildman–Crippen MR) is 95.0 cm³/mol. The third-order valence-corrected chi connectivity index (χ3v) is 5.03. The van der Waals surface area contributed by atoms with E-state index in [2.05, 4.69) is 49.4 Å². The van der Waals surface area contributed by atoms with Crippen LogP contribution in [0, 0.1) is 0 Å². The fraction of sp³-hybridized carbons (Fsp3) is 0.381. The Morgan fingerprint density at radius 1 is 1.08 bits per heavy atom. The second kappa shape index (κ2) is 4.85. The number of rotatable bonds is 0. The molecule has 1 heterocycles. The Labute approximate surface area is 143 Å². The zero-order valence-corrected chi connectivity index (χ0v) is 14.7. The van der Waals surface area contributed by atoms with Gasteiger partial charge in [0.05, 0.1) is 0 Å². The van der Waals surface area contributed by atoms with Gasteiger partial charge in [0.2, 0.25) is 0 Å². The summed E-state index contributed by atoms with van der Waals surface area (Å²) in [6.45, 7) is 9.25. The first kappa shape index (κ1) is 15.3. The molecule has 2 aromatic rings. The quantitative estimate of drug-likeness (QED) is 0.702. The smallest absolute Gasteiger partial charge is 0.410 e. The Kier molecular flexibility index (Phi) is 3.08. The van der Waals surface area contributed by atoms with Gasteiger partial charge in [-0.05, 0) is 55.5 Å². The van der Waals surface area contributed by atoms with Gasteiger partial charge in [0.25, 0.3) is 0 Å². The van der Waals surface area contributed by atoms with Crippen LogP contribution in [-0.4, -0.2) is 23.1 Å². The van der Waals surface area contributed by atoms with Gasteiger partial charge in [-0.25, -0.2) is 4.79 Å². The summed E-state index contributed by atoms with van der Waals surface area (Å²) in [6.07, 6.45) is -0.232. The van der Waals surface area contributed by atoms with Gasteiger partial charge >= 0.3 is 6.09 Å². The molecule has 0 aromatic heterocycles. The van der Waals surface area contributed by atoms with Crippen LogP contribution in [0.25, 0.3) is 11.1 Å². The second-order valence-corrected chi connectivity index (χ2v) is 8.05. The van der Waals surface area contributed by atoms with Gasteiger partial charge in [-0.1, -0.05) is 42.5 Å². The zero-order chi connectivity index (χ0) is 17.1. The molecule has 1 amide bonds. The molecule has 0 N–H and O–H groups in total. The van der Waals surface area contributed by atoms with Crippen LogP contribution in [0.15, 0.2) is 42.5 Å². The number of hydrogen-bond acceptors (Lipinski definition) is 2. The number of amides is 1. The Balaban J connectivity index is 1.81. The molecular formula is C21H23NO2. The molecule has 0 saturated carbocycles. The van der Waals surface area contributed by atoms with Crippen molar-refractivity contribution >= 4 is 6.09 Å². The number of benzene rings is 2. The van der Waals surface area contributed by atoms with Crippen LogP contribution >= 0.6 is 0 Å². The number of fused-ring (bicyclic) bond motifs is 3. The highest BCUT2D eigenvalue weighted by Crippen LogP contribution is 2.52. The van der Waals surface area contributed by atoms with E-state index < -0.39 is 5.60 Å². The Bertz CT molecular complexity index is 834. The second-order valence-electron chi connectivity index (χ2n) is 8.05. The van der Waals surface area contributed by atoms with Crippen LogP contribution in [0.2, 0.25) is 0 Å². The Hall–Kier alpha value is -2.29. The lowest BCUT2D eigenvalue weighted by Gasteiger charge is -2.40. The van der Waals surface area contributed by atoms with Crippen molar-refractivity contribution in [3.05, 3.63) is 59.2 Å². The van der Waals surface area contributed by atoms with Gasteiger partial charge in [0.15, 0.2) is 0 Å². The summed E-state index contributed by atoms with van der Waals surface area (Å²) >= 11 is 0. The van der Waals surface area contributed by atoms with Crippen molar-refractivity contribution in [3.8, 4) is 11.1 Å². The third-order valence-electron chi connectivity index (χ3n) is 5.03. The number of carbonyl (C=O) groups excluding carboxylic acids is 1. The molecule has 0 fully saturated rings. The minimum atomic E-state index is -0.478. The molecule has 2 aromatic carbocycles. The first-order valence-corrected chi connectivity index (χ1v) is 8.50. The van der Waals surface area contributed by atoms with Gasteiger partial charge in [0.1, 0.15) is 5.60 Å². The van der Waals surface area contributed by atoms with Crippen molar-refractivity contribution in [2.24, 2.45) is 0 Å². The summed E-state index contributed by atoms with van der Waals surface area (Å²) in [4.78, 5) is 14.5. The topological polar surface area (TPSA) is 29.5 Å². The highest BCUT2D eigenvalue weighted by atomic mass is 16.6. The minimum absolute atomic E-state index is 0.169. The first-order chi connectivity index (χ1) is 11.3.